The van der Waals surface area contributed by atoms with Gasteiger partial charge in [0, 0.05) is 29.7 Å². The van der Waals surface area contributed by atoms with Gasteiger partial charge in [-0.1, -0.05) is 15.9 Å². The van der Waals surface area contributed by atoms with E-state index in [1.165, 1.54) is 6.07 Å². The summed E-state index contributed by atoms with van der Waals surface area (Å²) in [6.45, 7) is 3.07. The predicted molar refractivity (Wildman–Crippen MR) is 64.1 cm³/mol. The van der Waals surface area contributed by atoms with Crippen molar-refractivity contribution in [1.82, 2.24) is 5.32 Å². The summed E-state index contributed by atoms with van der Waals surface area (Å²) in [4.78, 5) is 0. The molecule has 3 nitrogen and oxygen atoms in total. The molecule has 0 heterocycles. The van der Waals surface area contributed by atoms with Crippen LogP contribution >= 0.6 is 15.9 Å². The monoisotopic (exact) mass is 291 g/mol. The van der Waals surface area contributed by atoms with Crippen molar-refractivity contribution in [1.29, 1.82) is 0 Å². The van der Waals surface area contributed by atoms with Crippen molar-refractivity contribution in [2.75, 3.05) is 20.3 Å². The van der Waals surface area contributed by atoms with Crippen LogP contribution in [0.1, 0.15) is 18.5 Å². The zero-order chi connectivity index (χ0) is 12.1. The van der Waals surface area contributed by atoms with Gasteiger partial charge in [-0.2, -0.15) is 0 Å². The average Bonchev–Trinajstić information content (AvgIpc) is 2.23. The molecule has 0 aliphatic rings. The van der Waals surface area contributed by atoms with Crippen LogP contribution in [0, 0.1) is 5.82 Å². The lowest BCUT2D eigenvalue weighted by Crippen LogP contribution is -2.23. The standard InChI is InChI=1S/C11H15BrFNO2/c1-7(14-3-4-16-2)9-5-8(12)6-10(13)11(9)15/h5-7,14-15H,3-4H2,1-2H3. The number of methoxy groups -OCH3 is 1. The van der Waals surface area contributed by atoms with Gasteiger partial charge >= 0.3 is 0 Å². The highest BCUT2D eigenvalue weighted by Crippen LogP contribution is 2.30. The maximum Gasteiger partial charge on any atom is 0.166 e. The number of aromatic hydroxyl groups is 1. The summed E-state index contributed by atoms with van der Waals surface area (Å²) in [6.07, 6.45) is 0. The van der Waals surface area contributed by atoms with E-state index < -0.39 is 5.82 Å². The molecule has 0 aliphatic heterocycles. The Hall–Kier alpha value is -0.650. The third-order valence-electron chi connectivity index (χ3n) is 2.28. The van der Waals surface area contributed by atoms with Crippen molar-refractivity contribution in [3.05, 3.63) is 28.0 Å². The third-order valence-corrected chi connectivity index (χ3v) is 2.74. The largest absolute Gasteiger partial charge is 0.505 e. The Morgan fingerprint density at radius 2 is 2.25 bits per heavy atom. The topological polar surface area (TPSA) is 41.5 Å². The zero-order valence-electron chi connectivity index (χ0n) is 9.26. The Balaban J connectivity index is 2.78. The molecule has 0 saturated carbocycles. The van der Waals surface area contributed by atoms with Crippen LogP contribution in [0.4, 0.5) is 4.39 Å². The summed E-state index contributed by atoms with van der Waals surface area (Å²) >= 11 is 3.19. The summed E-state index contributed by atoms with van der Waals surface area (Å²) in [5.74, 6) is -0.926. The molecule has 1 aromatic rings. The Morgan fingerprint density at radius 3 is 2.88 bits per heavy atom. The number of hydrogen-bond donors (Lipinski definition) is 2. The molecule has 0 amide bonds. The molecular weight excluding hydrogens is 277 g/mol. The molecular formula is C11H15BrFNO2. The van der Waals surface area contributed by atoms with Crippen LogP contribution in [0.25, 0.3) is 0 Å². The van der Waals surface area contributed by atoms with Crippen LogP contribution < -0.4 is 5.32 Å². The number of rotatable bonds is 5. The SMILES string of the molecule is COCCNC(C)c1cc(Br)cc(F)c1O. The van der Waals surface area contributed by atoms with Gasteiger partial charge in [-0.05, 0) is 19.1 Å². The molecule has 1 aromatic carbocycles. The molecule has 0 bridgehead atoms. The van der Waals surface area contributed by atoms with Crippen LogP contribution in [0.2, 0.25) is 0 Å². The number of phenolic OH excluding ortho intramolecular Hbond substituents is 1. The number of halogens is 2. The number of benzene rings is 1. The van der Waals surface area contributed by atoms with Gasteiger partial charge in [-0.3, -0.25) is 0 Å². The van der Waals surface area contributed by atoms with Crippen LogP contribution in [0.15, 0.2) is 16.6 Å². The Kier molecular flexibility index (Phi) is 5.18. The van der Waals surface area contributed by atoms with Crippen LogP contribution in [-0.4, -0.2) is 25.4 Å². The highest BCUT2D eigenvalue weighted by Gasteiger charge is 2.14. The Bertz CT molecular complexity index is 360. The second-order valence-corrected chi connectivity index (χ2v) is 4.41. The normalized spacial score (nSPS) is 12.8. The average molecular weight is 292 g/mol. The molecule has 0 aromatic heterocycles. The van der Waals surface area contributed by atoms with Crippen molar-refractivity contribution >= 4 is 15.9 Å². The highest BCUT2D eigenvalue weighted by atomic mass is 79.9. The van der Waals surface area contributed by atoms with E-state index in [0.717, 1.165) is 0 Å². The van der Waals surface area contributed by atoms with E-state index >= 15 is 0 Å². The van der Waals surface area contributed by atoms with Crippen LogP contribution in [0.5, 0.6) is 5.75 Å². The molecule has 0 aliphatic carbocycles. The Labute approximate surface area is 103 Å². The molecule has 0 saturated heterocycles. The van der Waals surface area contributed by atoms with E-state index in [0.29, 0.717) is 23.2 Å². The molecule has 1 rings (SSSR count). The maximum atomic E-state index is 13.3. The first-order valence-electron chi connectivity index (χ1n) is 4.96. The molecule has 16 heavy (non-hydrogen) atoms. The second-order valence-electron chi connectivity index (χ2n) is 3.49. The maximum absolute atomic E-state index is 13.3. The van der Waals surface area contributed by atoms with Gasteiger partial charge in [0.1, 0.15) is 0 Å². The molecule has 1 atom stereocenters. The van der Waals surface area contributed by atoms with Crippen LogP contribution in [-0.2, 0) is 4.74 Å². The molecule has 2 N–H and O–H groups in total. The third kappa shape index (κ3) is 3.43. The fraction of sp³-hybridized carbons (Fsp3) is 0.455. The van der Waals surface area contributed by atoms with E-state index in [2.05, 4.69) is 21.2 Å². The van der Waals surface area contributed by atoms with Gasteiger partial charge in [0.15, 0.2) is 11.6 Å². The molecule has 0 fully saturated rings. The minimum Gasteiger partial charge on any atom is -0.505 e. The van der Waals surface area contributed by atoms with E-state index in [9.17, 15) is 9.50 Å². The number of nitrogens with one attached hydrogen (secondary N) is 1. The lowest BCUT2D eigenvalue weighted by molar-refractivity contribution is 0.196. The highest BCUT2D eigenvalue weighted by molar-refractivity contribution is 9.10. The first-order valence-corrected chi connectivity index (χ1v) is 5.75. The predicted octanol–water partition coefficient (Wildman–Crippen LogP) is 2.59. The number of phenols is 1. The van der Waals surface area contributed by atoms with E-state index in [1.807, 2.05) is 6.92 Å². The van der Waals surface area contributed by atoms with Crippen LogP contribution in [0.3, 0.4) is 0 Å². The zero-order valence-corrected chi connectivity index (χ0v) is 10.8. The Morgan fingerprint density at radius 1 is 1.56 bits per heavy atom. The first kappa shape index (κ1) is 13.4. The van der Waals surface area contributed by atoms with E-state index in [4.69, 9.17) is 4.74 Å². The number of hydrogen-bond acceptors (Lipinski definition) is 3. The molecule has 0 spiro atoms. The van der Waals surface area contributed by atoms with Crippen molar-refractivity contribution in [2.24, 2.45) is 0 Å². The fourth-order valence-corrected chi connectivity index (χ4v) is 1.85. The summed E-state index contributed by atoms with van der Waals surface area (Å²) in [5, 5.41) is 12.7. The lowest BCUT2D eigenvalue weighted by atomic mass is 10.1. The summed E-state index contributed by atoms with van der Waals surface area (Å²) in [6, 6.07) is 2.80. The van der Waals surface area contributed by atoms with Gasteiger partial charge in [0.05, 0.1) is 6.61 Å². The van der Waals surface area contributed by atoms with E-state index in [-0.39, 0.29) is 11.8 Å². The smallest absolute Gasteiger partial charge is 0.166 e. The van der Waals surface area contributed by atoms with Gasteiger partial charge in [0.25, 0.3) is 0 Å². The molecule has 0 radical (unpaired) electrons. The van der Waals surface area contributed by atoms with Crippen molar-refractivity contribution < 1.29 is 14.2 Å². The molecule has 90 valence electrons. The first-order chi connectivity index (χ1) is 7.56. The summed E-state index contributed by atoms with van der Waals surface area (Å²) in [5.41, 5.74) is 0.531. The molecule has 5 heteroatoms. The number of ether oxygens (including phenoxy) is 1. The van der Waals surface area contributed by atoms with E-state index in [1.54, 1.807) is 13.2 Å². The summed E-state index contributed by atoms with van der Waals surface area (Å²) in [7, 11) is 1.61. The van der Waals surface area contributed by atoms with Gasteiger partial charge in [0.2, 0.25) is 0 Å². The lowest BCUT2D eigenvalue weighted by Gasteiger charge is -2.16. The molecule has 1 unspecified atom stereocenters. The second kappa shape index (κ2) is 6.18. The summed E-state index contributed by atoms with van der Waals surface area (Å²) < 4.78 is 18.8. The fourth-order valence-electron chi connectivity index (χ4n) is 1.40. The van der Waals surface area contributed by atoms with Crippen molar-refractivity contribution in [3.63, 3.8) is 0 Å². The minimum absolute atomic E-state index is 0.137. The quantitative estimate of drug-likeness (QED) is 0.820. The minimum atomic E-state index is -0.621. The van der Waals surface area contributed by atoms with Crippen molar-refractivity contribution in [3.8, 4) is 5.75 Å². The van der Waals surface area contributed by atoms with Crippen molar-refractivity contribution in [2.45, 2.75) is 13.0 Å². The van der Waals surface area contributed by atoms with Gasteiger partial charge in [-0.25, -0.2) is 4.39 Å². The van der Waals surface area contributed by atoms with Gasteiger partial charge in [-0.15, -0.1) is 0 Å². The van der Waals surface area contributed by atoms with Gasteiger partial charge < -0.3 is 15.2 Å².